The summed E-state index contributed by atoms with van der Waals surface area (Å²) in [5, 5.41) is 3.50. The number of ketones is 1. The fraction of sp³-hybridized carbons (Fsp3) is 0.857. The van der Waals surface area contributed by atoms with E-state index >= 15 is 0 Å². The summed E-state index contributed by atoms with van der Waals surface area (Å²) in [6.07, 6.45) is 0.853. The summed E-state index contributed by atoms with van der Waals surface area (Å²) in [7, 11) is 0. The third kappa shape index (κ3) is 1.35. The van der Waals surface area contributed by atoms with E-state index < -0.39 is 0 Å². The largest absolute Gasteiger partial charge is 0.304 e. The lowest BCUT2D eigenvalue weighted by atomic mass is 9.96. The molecule has 1 heterocycles. The number of Topliss-reactive ketones (excluding diaryl/α,β-unsaturated/α-hetero) is 1. The first-order valence-electron chi connectivity index (χ1n) is 3.49. The molecule has 2 atom stereocenters. The van der Waals surface area contributed by atoms with Gasteiger partial charge in [-0.05, 0) is 20.3 Å². The van der Waals surface area contributed by atoms with Gasteiger partial charge in [0.15, 0.2) is 0 Å². The molecular weight excluding hydrogens is 146 g/mol. The number of hydrogen-bond donors (Lipinski definition) is 2. The van der Waals surface area contributed by atoms with Crippen molar-refractivity contribution in [2.75, 3.05) is 6.54 Å². The van der Waals surface area contributed by atoms with E-state index in [1.54, 1.807) is 6.92 Å². The van der Waals surface area contributed by atoms with E-state index in [4.69, 9.17) is 0 Å². The van der Waals surface area contributed by atoms with Gasteiger partial charge >= 0.3 is 0 Å². The molecule has 0 amide bonds. The smallest absolute Gasteiger partial charge is 0.149 e. The van der Waals surface area contributed by atoms with E-state index in [0.29, 0.717) is 5.25 Å². The number of hydrogen-bond acceptors (Lipinski definition) is 3. The van der Waals surface area contributed by atoms with Gasteiger partial charge in [-0.15, -0.1) is 0 Å². The van der Waals surface area contributed by atoms with Crippen LogP contribution in [0.2, 0.25) is 0 Å². The van der Waals surface area contributed by atoms with Crippen LogP contribution < -0.4 is 5.32 Å². The Kier molecular flexibility index (Phi) is 2.06. The van der Waals surface area contributed by atoms with Crippen LogP contribution in [0.15, 0.2) is 0 Å². The van der Waals surface area contributed by atoms with Crippen molar-refractivity contribution in [2.45, 2.75) is 31.1 Å². The van der Waals surface area contributed by atoms with Crippen LogP contribution in [0.4, 0.5) is 0 Å². The molecule has 0 aliphatic carbocycles. The lowest BCUT2D eigenvalue weighted by Crippen LogP contribution is -2.42. The molecule has 0 saturated carbocycles. The molecule has 2 unspecified atom stereocenters. The predicted octanol–water partition coefficient (Wildman–Crippen LogP) is 0.626. The van der Waals surface area contributed by atoms with Crippen molar-refractivity contribution in [3.05, 3.63) is 0 Å². The minimum Gasteiger partial charge on any atom is -0.304 e. The highest BCUT2D eigenvalue weighted by molar-refractivity contribution is 7.81. The molecule has 2 nitrogen and oxygen atoms in total. The molecule has 1 fully saturated rings. The summed E-state index contributed by atoms with van der Waals surface area (Å²) in [6, 6.07) is 0. The van der Waals surface area contributed by atoms with Gasteiger partial charge < -0.3 is 5.32 Å². The molecule has 0 radical (unpaired) electrons. The summed E-state index contributed by atoms with van der Waals surface area (Å²) in [4.78, 5) is 11.0. The summed E-state index contributed by atoms with van der Waals surface area (Å²) in [6.45, 7) is 4.41. The molecule has 58 valence electrons. The highest BCUT2D eigenvalue weighted by Crippen LogP contribution is 2.22. The number of nitrogens with one attached hydrogen (secondary N) is 1. The summed E-state index contributed by atoms with van der Waals surface area (Å²) >= 11 is 4.29. The normalized spacial score (nSPS) is 40.1. The number of thiol groups is 1. The van der Waals surface area contributed by atoms with Crippen LogP contribution in [-0.2, 0) is 4.79 Å². The van der Waals surface area contributed by atoms with Crippen molar-refractivity contribution in [1.82, 2.24) is 5.32 Å². The Morgan fingerprint density at radius 2 is 2.40 bits per heavy atom. The number of carbonyl (C=O) groups is 1. The molecule has 0 spiro atoms. The first kappa shape index (κ1) is 8.08. The minimum atomic E-state index is -0.299. The summed E-state index contributed by atoms with van der Waals surface area (Å²) < 4.78 is 0. The highest BCUT2D eigenvalue weighted by atomic mass is 32.1. The maximum atomic E-state index is 11.0. The molecule has 10 heavy (non-hydrogen) atoms. The molecule has 1 aliphatic heterocycles. The summed E-state index contributed by atoms with van der Waals surface area (Å²) in [5.74, 6) is 0.212. The van der Waals surface area contributed by atoms with Gasteiger partial charge in [-0.25, -0.2) is 0 Å². The first-order valence-corrected chi connectivity index (χ1v) is 4.00. The van der Waals surface area contributed by atoms with Gasteiger partial charge in [0, 0.05) is 11.8 Å². The zero-order valence-corrected chi connectivity index (χ0v) is 7.24. The van der Waals surface area contributed by atoms with E-state index in [1.807, 2.05) is 6.92 Å². The molecule has 0 bridgehead atoms. The average Bonchev–Trinajstić information content (AvgIpc) is 2.13. The van der Waals surface area contributed by atoms with E-state index in [-0.39, 0.29) is 11.3 Å². The van der Waals surface area contributed by atoms with Crippen LogP contribution in [0.25, 0.3) is 0 Å². The lowest BCUT2D eigenvalue weighted by Gasteiger charge is -2.19. The topological polar surface area (TPSA) is 29.1 Å². The van der Waals surface area contributed by atoms with Crippen molar-refractivity contribution in [3.8, 4) is 0 Å². The SMILES string of the molecule is CC(=O)C1(C)CC(S)CN1. The molecule has 0 aromatic heterocycles. The molecule has 1 rings (SSSR count). The Labute approximate surface area is 66.8 Å². The average molecular weight is 159 g/mol. The van der Waals surface area contributed by atoms with E-state index in [1.165, 1.54) is 0 Å². The second-order valence-electron chi connectivity index (χ2n) is 3.13. The maximum absolute atomic E-state index is 11.0. The van der Waals surface area contributed by atoms with E-state index in [0.717, 1.165) is 13.0 Å². The number of carbonyl (C=O) groups excluding carboxylic acids is 1. The van der Waals surface area contributed by atoms with Crippen molar-refractivity contribution in [3.63, 3.8) is 0 Å². The van der Waals surface area contributed by atoms with Gasteiger partial charge in [-0.1, -0.05) is 0 Å². The predicted molar refractivity (Wildman–Crippen MR) is 44.5 cm³/mol. The maximum Gasteiger partial charge on any atom is 0.149 e. The highest BCUT2D eigenvalue weighted by Gasteiger charge is 2.36. The Bertz CT molecular complexity index is 160. The fourth-order valence-corrected chi connectivity index (χ4v) is 1.68. The van der Waals surface area contributed by atoms with Crippen molar-refractivity contribution >= 4 is 18.4 Å². The van der Waals surface area contributed by atoms with Gasteiger partial charge in [0.1, 0.15) is 5.78 Å². The third-order valence-corrected chi connectivity index (χ3v) is 2.51. The molecule has 1 N–H and O–H groups in total. The minimum absolute atomic E-state index is 0.212. The third-order valence-electron chi connectivity index (χ3n) is 2.15. The Morgan fingerprint density at radius 1 is 1.80 bits per heavy atom. The van der Waals surface area contributed by atoms with E-state index in [2.05, 4.69) is 17.9 Å². The van der Waals surface area contributed by atoms with Crippen LogP contribution in [0.1, 0.15) is 20.3 Å². The van der Waals surface area contributed by atoms with Gasteiger partial charge in [-0.3, -0.25) is 4.79 Å². The quantitative estimate of drug-likeness (QED) is 0.549. The second kappa shape index (κ2) is 2.55. The standard InChI is InChI=1S/C7H13NOS/c1-5(9)7(2)3-6(10)4-8-7/h6,8,10H,3-4H2,1-2H3. The molecule has 1 aliphatic rings. The van der Waals surface area contributed by atoms with Gasteiger partial charge in [-0.2, -0.15) is 12.6 Å². The fourth-order valence-electron chi connectivity index (χ4n) is 1.23. The molecule has 3 heteroatoms. The van der Waals surface area contributed by atoms with Crippen LogP contribution in [0.5, 0.6) is 0 Å². The van der Waals surface area contributed by atoms with Crippen molar-refractivity contribution < 1.29 is 4.79 Å². The second-order valence-corrected chi connectivity index (χ2v) is 3.86. The van der Waals surface area contributed by atoms with Crippen LogP contribution in [-0.4, -0.2) is 23.1 Å². The van der Waals surface area contributed by atoms with Crippen molar-refractivity contribution in [2.24, 2.45) is 0 Å². The van der Waals surface area contributed by atoms with Crippen LogP contribution in [0.3, 0.4) is 0 Å². The van der Waals surface area contributed by atoms with Gasteiger partial charge in [0.25, 0.3) is 0 Å². The first-order chi connectivity index (χ1) is 4.54. The Hall–Kier alpha value is -0.0200. The molecular formula is C7H13NOS. The monoisotopic (exact) mass is 159 g/mol. The molecule has 0 aromatic rings. The Balaban J connectivity index is 2.63. The van der Waals surface area contributed by atoms with Crippen LogP contribution >= 0.6 is 12.6 Å². The Morgan fingerprint density at radius 3 is 2.60 bits per heavy atom. The van der Waals surface area contributed by atoms with Crippen LogP contribution in [0, 0.1) is 0 Å². The van der Waals surface area contributed by atoms with Gasteiger partial charge in [0.2, 0.25) is 0 Å². The van der Waals surface area contributed by atoms with E-state index in [9.17, 15) is 4.79 Å². The number of rotatable bonds is 1. The molecule has 1 saturated heterocycles. The zero-order valence-electron chi connectivity index (χ0n) is 6.35. The molecule has 0 aromatic carbocycles. The van der Waals surface area contributed by atoms with Gasteiger partial charge in [0.05, 0.1) is 5.54 Å². The zero-order chi connectivity index (χ0) is 7.78. The van der Waals surface area contributed by atoms with Crippen molar-refractivity contribution in [1.29, 1.82) is 0 Å². The summed E-state index contributed by atoms with van der Waals surface area (Å²) in [5.41, 5.74) is -0.299. The lowest BCUT2D eigenvalue weighted by molar-refractivity contribution is -0.122.